The van der Waals surface area contributed by atoms with Gasteiger partial charge in [-0.3, -0.25) is 4.79 Å². The second-order valence-electron chi connectivity index (χ2n) is 5.63. The number of amides is 1. The molecule has 0 aromatic heterocycles. The van der Waals surface area contributed by atoms with Gasteiger partial charge in [0.15, 0.2) is 0 Å². The molecule has 1 heterocycles. The molecule has 2 aromatic carbocycles. The lowest BCUT2D eigenvalue weighted by Gasteiger charge is -2.27. The predicted molar refractivity (Wildman–Crippen MR) is 84.3 cm³/mol. The maximum Gasteiger partial charge on any atom is 0.416 e. The van der Waals surface area contributed by atoms with E-state index in [-0.39, 0.29) is 23.4 Å². The fourth-order valence-electron chi connectivity index (χ4n) is 3.21. The molecule has 2 N–H and O–H groups in total. The minimum Gasteiger partial charge on any atom is -0.508 e. The molecule has 1 aliphatic heterocycles. The van der Waals surface area contributed by atoms with Crippen molar-refractivity contribution in [3.8, 4) is 5.75 Å². The number of aromatic hydroxyl groups is 1. The van der Waals surface area contributed by atoms with Crippen LogP contribution in [0.3, 0.4) is 0 Å². The van der Waals surface area contributed by atoms with Crippen LogP contribution in [-0.2, 0) is 16.4 Å². The van der Waals surface area contributed by atoms with Crippen molar-refractivity contribution in [3.05, 3.63) is 58.1 Å². The topological polar surface area (TPSA) is 49.3 Å². The molecule has 1 atom stereocenters. The van der Waals surface area contributed by atoms with Crippen LogP contribution in [0, 0.1) is 0 Å². The summed E-state index contributed by atoms with van der Waals surface area (Å²) in [6, 6.07) is 7.43. The second kappa shape index (κ2) is 5.41. The van der Waals surface area contributed by atoms with Crippen molar-refractivity contribution < 1.29 is 23.1 Å². The zero-order valence-corrected chi connectivity index (χ0v) is 13.3. The molecule has 24 heavy (non-hydrogen) atoms. The number of benzene rings is 2. The van der Waals surface area contributed by atoms with Gasteiger partial charge in [-0.15, -0.1) is 0 Å². The number of fused-ring (bicyclic) bond motifs is 1. The third-order valence-corrected chi connectivity index (χ3v) is 4.63. The monoisotopic (exact) mass is 355 g/mol. The third-order valence-electron chi connectivity index (χ3n) is 4.39. The number of anilines is 1. The van der Waals surface area contributed by atoms with Crippen molar-refractivity contribution >= 4 is 23.2 Å². The van der Waals surface area contributed by atoms with Crippen LogP contribution >= 0.6 is 11.6 Å². The third kappa shape index (κ3) is 2.33. The first-order valence-electron chi connectivity index (χ1n) is 7.22. The fraction of sp³-hybridized carbons (Fsp3) is 0.235. The Hall–Kier alpha value is -2.21. The summed E-state index contributed by atoms with van der Waals surface area (Å²) in [4.78, 5) is 12.7. The number of phenols is 1. The van der Waals surface area contributed by atoms with E-state index in [1.54, 1.807) is 6.92 Å². The summed E-state index contributed by atoms with van der Waals surface area (Å²) in [5, 5.41) is 13.0. The van der Waals surface area contributed by atoms with Gasteiger partial charge in [-0.05, 0) is 42.3 Å². The van der Waals surface area contributed by atoms with Crippen LogP contribution in [0.15, 0.2) is 36.4 Å². The molecule has 0 saturated heterocycles. The molecule has 0 radical (unpaired) electrons. The molecule has 0 aliphatic carbocycles. The molecule has 1 amide bonds. The molecule has 126 valence electrons. The lowest BCUT2D eigenvalue weighted by atomic mass is 9.73. The van der Waals surface area contributed by atoms with Crippen LogP contribution in [0.5, 0.6) is 5.75 Å². The first-order chi connectivity index (χ1) is 11.2. The maximum absolute atomic E-state index is 12.9. The van der Waals surface area contributed by atoms with E-state index < -0.39 is 23.1 Å². The van der Waals surface area contributed by atoms with Crippen LogP contribution in [0.2, 0.25) is 5.02 Å². The van der Waals surface area contributed by atoms with E-state index in [1.165, 1.54) is 24.3 Å². The largest absolute Gasteiger partial charge is 0.508 e. The Bertz CT molecular complexity index is 835. The van der Waals surface area contributed by atoms with Gasteiger partial charge < -0.3 is 10.4 Å². The molecule has 1 aliphatic rings. The number of hydrogen-bond acceptors (Lipinski definition) is 2. The van der Waals surface area contributed by atoms with Crippen molar-refractivity contribution in [2.45, 2.75) is 24.9 Å². The number of hydrogen-bond donors (Lipinski definition) is 2. The number of rotatable bonds is 2. The summed E-state index contributed by atoms with van der Waals surface area (Å²) >= 11 is 5.98. The molecule has 0 spiro atoms. The van der Waals surface area contributed by atoms with Crippen molar-refractivity contribution in [1.29, 1.82) is 0 Å². The van der Waals surface area contributed by atoms with Gasteiger partial charge in [0, 0.05) is 16.3 Å². The Morgan fingerprint density at radius 1 is 1.17 bits per heavy atom. The van der Waals surface area contributed by atoms with Crippen LogP contribution < -0.4 is 5.32 Å². The molecule has 0 bridgehead atoms. The van der Waals surface area contributed by atoms with Crippen LogP contribution in [0.4, 0.5) is 18.9 Å². The maximum atomic E-state index is 12.9. The number of phenolic OH excluding ortho intramolecular Hbond substituents is 1. The number of carbonyl (C=O) groups is 1. The molecular weight excluding hydrogens is 343 g/mol. The van der Waals surface area contributed by atoms with Gasteiger partial charge in [0.05, 0.1) is 5.56 Å². The summed E-state index contributed by atoms with van der Waals surface area (Å²) < 4.78 is 38.7. The first kappa shape index (κ1) is 16.6. The average molecular weight is 356 g/mol. The Morgan fingerprint density at radius 3 is 2.50 bits per heavy atom. The number of halogens is 4. The highest BCUT2D eigenvalue weighted by Gasteiger charge is 2.49. The Morgan fingerprint density at radius 2 is 1.88 bits per heavy atom. The van der Waals surface area contributed by atoms with E-state index in [4.69, 9.17) is 11.6 Å². The molecule has 0 saturated carbocycles. The van der Waals surface area contributed by atoms with E-state index in [9.17, 15) is 23.1 Å². The van der Waals surface area contributed by atoms with Crippen molar-refractivity contribution in [2.24, 2.45) is 0 Å². The summed E-state index contributed by atoms with van der Waals surface area (Å²) in [5.74, 6) is -0.624. The van der Waals surface area contributed by atoms with Gasteiger partial charge in [0.2, 0.25) is 5.91 Å². The molecular formula is C17H13ClF3NO2. The van der Waals surface area contributed by atoms with Crippen LogP contribution in [0.25, 0.3) is 0 Å². The van der Waals surface area contributed by atoms with Gasteiger partial charge in [-0.1, -0.05) is 24.6 Å². The highest BCUT2D eigenvalue weighted by molar-refractivity contribution is 6.30. The van der Waals surface area contributed by atoms with E-state index in [2.05, 4.69) is 5.32 Å². The minimum absolute atomic E-state index is 0.0936. The highest BCUT2D eigenvalue weighted by atomic mass is 35.5. The van der Waals surface area contributed by atoms with Crippen molar-refractivity contribution in [2.75, 3.05) is 5.32 Å². The quantitative estimate of drug-likeness (QED) is 0.819. The predicted octanol–water partition coefficient (Wildman–Crippen LogP) is 4.71. The molecule has 2 aromatic rings. The smallest absolute Gasteiger partial charge is 0.416 e. The summed E-state index contributed by atoms with van der Waals surface area (Å²) in [6.07, 6.45) is -4.25. The molecule has 0 unspecified atom stereocenters. The van der Waals surface area contributed by atoms with E-state index in [0.717, 1.165) is 12.1 Å². The standard InChI is InChI=1S/C17H13ClF3NO2/c1-2-16(12-8-10(18)4-6-14(12)23)11-5-3-9(17(19,20)21)7-13(11)22-15(16)24/h3-8,23H,2H2,1H3,(H,22,24)/t16-/m1/s1. The molecule has 0 fully saturated rings. The van der Waals surface area contributed by atoms with E-state index in [0.29, 0.717) is 10.6 Å². The van der Waals surface area contributed by atoms with Crippen molar-refractivity contribution in [3.63, 3.8) is 0 Å². The number of alkyl halides is 3. The van der Waals surface area contributed by atoms with Crippen LogP contribution in [0.1, 0.15) is 30.0 Å². The lowest BCUT2D eigenvalue weighted by Crippen LogP contribution is -2.35. The highest BCUT2D eigenvalue weighted by Crippen LogP contribution is 2.49. The average Bonchev–Trinajstić information content (AvgIpc) is 2.80. The SMILES string of the molecule is CC[C@@]1(c2cc(Cl)ccc2O)C(=O)Nc2cc(C(F)(F)F)ccc21. The van der Waals surface area contributed by atoms with Gasteiger partial charge in [0.25, 0.3) is 0 Å². The first-order valence-corrected chi connectivity index (χ1v) is 7.60. The Labute approximate surface area is 141 Å². The fourth-order valence-corrected chi connectivity index (χ4v) is 3.38. The lowest BCUT2D eigenvalue weighted by molar-refractivity contribution is -0.137. The van der Waals surface area contributed by atoms with E-state index >= 15 is 0 Å². The van der Waals surface area contributed by atoms with Gasteiger partial charge >= 0.3 is 6.18 Å². The Balaban J connectivity index is 2.25. The minimum atomic E-state index is -4.50. The number of carbonyl (C=O) groups excluding carboxylic acids is 1. The molecule has 7 heteroatoms. The van der Waals surface area contributed by atoms with Crippen LogP contribution in [-0.4, -0.2) is 11.0 Å². The summed E-state index contributed by atoms with van der Waals surface area (Å²) in [6.45, 7) is 1.73. The van der Waals surface area contributed by atoms with Crippen molar-refractivity contribution in [1.82, 2.24) is 0 Å². The second-order valence-corrected chi connectivity index (χ2v) is 6.07. The molecule has 3 rings (SSSR count). The summed E-state index contributed by atoms with van der Waals surface area (Å²) in [5.41, 5.74) is -1.37. The van der Waals surface area contributed by atoms with Gasteiger partial charge in [-0.25, -0.2) is 0 Å². The zero-order valence-electron chi connectivity index (χ0n) is 12.5. The molecule has 3 nitrogen and oxygen atoms in total. The van der Waals surface area contributed by atoms with E-state index in [1.807, 2.05) is 0 Å². The normalized spacial score (nSPS) is 20.0. The Kier molecular flexibility index (Phi) is 3.75. The number of nitrogens with one attached hydrogen (secondary N) is 1. The van der Waals surface area contributed by atoms with Gasteiger partial charge in [0.1, 0.15) is 11.2 Å². The zero-order chi connectivity index (χ0) is 17.7. The summed E-state index contributed by atoms with van der Waals surface area (Å²) in [7, 11) is 0. The van der Waals surface area contributed by atoms with Gasteiger partial charge in [-0.2, -0.15) is 13.2 Å².